The monoisotopic (exact) mass is 311 g/mol. The molecule has 0 aliphatic rings. The lowest BCUT2D eigenvalue weighted by Gasteiger charge is -2.13. The summed E-state index contributed by atoms with van der Waals surface area (Å²) in [5.74, 6) is 0. The Labute approximate surface area is 103 Å². The summed E-state index contributed by atoms with van der Waals surface area (Å²) in [6.45, 7) is 0. The minimum Gasteiger partial charge on any atom is -0.207 e. The van der Waals surface area contributed by atoms with Crippen LogP contribution in [0.5, 0.6) is 0 Å². The first kappa shape index (κ1) is 13.0. The quantitative estimate of drug-likeness (QED) is 0.804. The highest BCUT2D eigenvalue weighted by Crippen LogP contribution is 2.25. The Balaban J connectivity index is 3.37. The van der Waals surface area contributed by atoms with Gasteiger partial charge in [0.25, 0.3) is 0 Å². The Kier molecular flexibility index (Phi) is 4.17. The highest BCUT2D eigenvalue weighted by atomic mass is 79.9. The third-order valence-corrected chi connectivity index (χ3v) is 4.85. The van der Waals surface area contributed by atoms with E-state index in [4.69, 9.17) is 11.6 Å². The van der Waals surface area contributed by atoms with Gasteiger partial charge in [-0.25, -0.2) is 12.7 Å². The van der Waals surface area contributed by atoms with Crippen molar-refractivity contribution in [2.75, 3.05) is 14.1 Å². The maximum Gasteiger partial charge on any atom is 0.244 e. The molecule has 3 nitrogen and oxygen atoms in total. The maximum absolute atomic E-state index is 11.8. The average molecular weight is 313 g/mol. The van der Waals surface area contributed by atoms with Crippen LogP contribution in [0.3, 0.4) is 0 Å². The SMILES string of the molecule is CN(C)S(=O)(=O)c1cc(CBr)ccc1Cl. The van der Waals surface area contributed by atoms with Gasteiger partial charge < -0.3 is 0 Å². The van der Waals surface area contributed by atoms with E-state index in [0.29, 0.717) is 5.33 Å². The number of sulfonamides is 1. The molecule has 0 atom stereocenters. The van der Waals surface area contributed by atoms with E-state index in [1.807, 2.05) is 0 Å². The molecule has 0 aliphatic carbocycles. The van der Waals surface area contributed by atoms with Crippen LogP contribution < -0.4 is 0 Å². The molecular weight excluding hydrogens is 302 g/mol. The highest BCUT2D eigenvalue weighted by molar-refractivity contribution is 9.08. The molecule has 0 spiro atoms. The Morgan fingerprint density at radius 3 is 2.47 bits per heavy atom. The van der Waals surface area contributed by atoms with Crippen molar-refractivity contribution >= 4 is 37.6 Å². The lowest BCUT2D eigenvalue weighted by atomic mass is 10.2. The largest absolute Gasteiger partial charge is 0.244 e. The second kappa shape index (κ2) is 4.82. The molecular formula is C9H11BrClNO2S. The number of hydrogen-bond donors (Lipinski definition) is 0. The summed E-state index contributed by atoms with van der Waals surface area (Å²) in [7, 11) is -0.502. The Bertz CT molecular complexity index is 459. The van der Waals surface area contributed by atoms with Crippen molar-refractivity contribution < 1.29 is 8.42 Å². The summed E-state index contributed by atoms with van der Waals surface area (Å²) in [4.78, 5) is 0.145. The molecule has 1 aromatic carbocycles. The summed E-state index contributed by atoms with van der Waals surface area (Å²) in [6, 6.07) is 4.95. The molecule has 0 N–H and O–H groups in total. The minimum atomic E-state index is -3.46. The third-order valence-electron chi connectivity index (χ3n) is 1.91. The van der Waals surface area contributed by atoms with Crippen molar-refractivity contribution in [3.05, 3.63) is 28.8 Å². The van der Waals surface area contributed by atoms with Crippen LogP contribution in [-0.4, -0.2) is 26.8 Å². The van der Waals surface area contributed by atoms with E-state index in [1.54, 1.807) is 18.2 Å². The van der Waals surface area contributed by atoms with Gasteiger partial charge in [-0.05, 0) is 17.7 Å². The molecule has 0 heterocycles. The topological polar surface area (TPSA) is 37.4 Å². The molecule has 6 heteroatoms. The first-order chi connectivity index (χ1) is 6.89. The van der Waals surface area contributed by atoms with E-state index >= 15 is 0 Å². The number of benzene rings is 1. The third kappa shape index (κ3) is 2.72. The molecule has 0 fully saturated rings. The first-order valence-corrected chi connectivity index (χ1v) is 7.10. The van der Waals surface area contributed by atoms with E-state index in [0.717, 1.165) is 9.87 Å². The molecule has 0 aromatic heterocycles. The Morgan fingerprint density at radius 1 is 1.40 bits per heavy atom. The molecule has 0 bridgehead atoms. The van der Waals surface area contributed by atoms with Crippen LogP contribution in [0.15, 0.2) is 23.1 Å². The van der Waals surface area contributed by atoms with E-state index in [2.05, 4.69) is 15.9 Å². The molecule has 0 unspecified atom stereocenters. The molecule has 0 radical (unpaired) electrons. The number of halogens is 2. The van der Waals surface area contributed by atoms with Crippen molar-refractivity contribution in [2.24, 2.45) is 0 Å². The molecule has 84 valence electrons. The summed E-state index contributed by atoms with van der Waals surface area (Å²) in [5.41, 5.74) is 0.875. The predicted octanol–water partition coefficient (Wildman–Crippen LogP) is 2.49. The lowest BCUT2D eigenvalue weighted by Crippen LogP contribution is -2.22. The molecule has 0 amide bonds. The number of alkyl halides is 1. The lowest BCUT2D eigenvalue weighted by molar-refractivity contribution is 0.520. The van der Waals surface area contributed by atoms with Gasteiger partial charge in [0.1, 0.15) is 4.90 Å². The van der Waals surface area contributed by atoms with Crippen LogP contribution in [0.25, 0.3) is 0 Å². The molecule has 15 heavy (non-hydrogen) atoms. The minimum absolute atomic E-state index is 0.145. The van der Waals surface area contributed by atoms with Crippen LogP contribution in [0.2, 0.25) is 5.02 Å². The molecule has 1 aromatic rings. The molecule has 0 aliphatic heterocycles. The van der Waals surface area contributed by atoms with Crippen LogP contribution in [-0.2, 0) is 15.4 Å². The fourth-order valence-corrected chi connectivity index (χ4v) is 2.79. The van der Waals surface area contributed by atoms with Gasteiger partial charge >= 0.3 is 0 Å². The van der Waals surface area contributed by atoms with Crippen molar-refractivity contribution in [2.45, 2.75) is 10.2 Å². The summed E-state index contributed by atoms with van der Waals surface area (Å²) >= 11 is 9.13. The zero-order valence-corrected chi connectivity index (χ0v) is 11.5. The van der Waals surface area contributed by atoms with E-state index in [9.17, 15) is 8.42 Å². The van der Waals surface area contributed by atoms with Gasteiger partial charge in [-0.2, -0.15) is 0 Å². The predicted molar refractivity (Wildman–Crippen MR) is 65.0 cm³/mol. The summed E-state index contributed by atoms with van der Waals surface area (Å²) in [5, 5.41) is 0.841. The van der Waals surface area contributed by atoms with Crippen LogP contribution in [0.1, 0.15) is 5.56 Å². The van der Waals surface area contributed by atoms with Gasteiger partial charge in [-0.3, -0.25) is 0 Å². The molecule has 0 saturated heterocycles. The second-order valence-electron chi connectivity index (χ2n) is 3.19. The summed E-state index contributed by atoms with van der Waals surface area (Å²) < 4.78 is 24.8. The highest BCUT2D eigenvalue weighted by Gasteiger charge is 2.20. The first-order valence-electron chi connectivity index (χ1n) is 4.16. The van der Waals surface area contributed by atoms with Gasteiger partial charge in [0.15, 0.2) is 0 Å². The van der Waals surface area contributed by atoms with Crippen LogP contribution >= 0.6 is 27.5 Å². The van der Waals surface area contributed by atoms with Crippen molar-refractivity contribution in [1.82, 2.24) is 4.31 Å². The standard InChI is InChI=1S/C9H11BrClNO2S/c1-12(2)15(13,14)9-5-7(6-10)3-4-8(9)11/h3-5H,6H2,1-2H3. The van der Waals surface area contributed by atoms with Gasteiger partial charge in [0.2, 0.25) is 10.0 Å². The smallest absolute Gasteiger partial charge is 0.207 e. The fourth-order valence-electron chi connectivity index (χ4n) is 1.03. The zero-order valence-electron chi connectivity index (χ0n) is 8.37. The van der Waals surface area contributed by atoms with Gasteiger partial charge in [0.05, 0.1) is 5.02 Å². The van der Waals surface area contributed by atoms with Gasteiger partial charge in [-0.1, -0.05) is 33.6 Å². The maximum atomic E-state index is 11.8. The number of nitrogens with zero attached hydrogens (tertiary/aromatic N) is 1. The normalized spacial score (nSPS) is 12.1. The van der Waals surface area contributed by atoms with E-state index in [1.165, 1.54) is 14.1 Å². The van der Waals surface area contributed by atoms with Crippen LogP contribution in [0, 0.1) is 0 Å². The van der Waals surface area contributed by atoms with Gasteiger partial charge in [-0.15, -0.1) is 0 Å². The van der Waals surface area contributed by atoms with Crippen molar-refractivity contribution in [3.63, 3.8) is 0 Å². The Hall–Kier alpha value is -0.100. The zero-order chi connectivity index (χ0) is 11.6. The number of hydrogen-bond acceptors (Lipinski definition) is 2. The van der Waals surface area contributed by atoms with Crippen molar-refractivity contribution in [3.8, 4) is 0 Å². The number of rotatable bonds is 3. The molecule has 1 rings (SSSR count). The summed E-state index contributed by atoms with van der Waals surface area (Å²) in [6.07, 6.45) is 0. The van der Waals surface area contributed by atoms with Gasteiger partial charge in [0, 0.05) is 19.4 Å². The molecule has 0 saturated carbocycles. The average Bonchev–Trinajstić information content (AvgIpc) is 2.18. The fraction of sp³-hybridized carbons (Fsp3) is 0.333. The van der Waals surface area contributed by atoms with E-state index < -0.39 is 10.0 Å². The second-order valence-corrected chi connectivity index (χ2v) is 6.27. The van der Waals surface area contributed by atoms with Crippen molar-refractivity contribution in [1.29, 1.82) is 0 Å². The van der Waals surface area contributed by atoms with Crippen LogP contribution in [0.4, 0.5) is 0 Å². The van der Waals surface area contributed by atoms with E-state index in [-0.39, 0.29) is 9.92 Å². The Morgan fingerprint density at radius 2 is 2.00 bits per heavy atom.